The predicted molar refractivity (Wildman–Crippen MR) is 143 cm³/mol. The molecule has 1 amide bonds. The van der Waals surface area contributed by atoms with Crippen molar-refractivity contribution in [2.45, 2.75) is 51.1 Å². The minimum absolute atomic E-state index is 0.0247. The van der Waals surface area contributed by atoms with Gasteiger partial charge in [0.2, 0.25) is 0 Å². The zero-order chi connectivity index (χ0) is 25.2. The molecule has 1 aliphatic carbocycles. The molecule has 186 valence electrons. The van der Waals surface area contributed by atoms with E-state index in [0.717, 1.165) is 36.1 Å². The summed E-state index contributed by atoms with van der Waals surface area (Å²) in [5.74, 6) is 1.66. The molecule has 5 rings (SSSR count). The lowest BCUT2D eigenvalue weighted by Gasteiger charge is -2.39. The van der Waals surface area contributed by atoms with Gasteiger partial charge in [0.05, 0.1) is 9.83 Å². The van der Waals surface area contributed by atoms with Crippen LogP contribution in [-0.4, -0.2) is 27.3 Å². The average molecular weight is 504 g/mol. The Kier molecular flexibility index (Phi) is 6.87. The van der Waals surface area contributed by atoms with Crippen molar-refractivity contribution < 1.29 is 14.1 Å². The second-order valence-electron chi connectivity index (χ2n) is 9.49. The summed E-state index contributed by atoms with van der Waals surface area (Å²) in [7, 11) is 0. The summed E-state index contributed by atoms with van der Waals surface area (Å²) in [6.45, 7) is 4.07. The Balaban J connectivity index is 1.42. The number of nitro benzene ring substituents is 1. The lowest BCUT2D eigenvalue weighted by atomic mass is 9.85. The molecule has 1 saturated carbocycles. The van der Waals surface area contributed by atoms with Crippen molar-refractivity contribution in [3.8, 4) is 11.3 Å². The van der Waals surface area contributed by atoms with Crippen LogP contribution in [-0.2, 0) is 4.79 Å². The Labute approximate surface area is 214 Å². The number of non-ortho nitro benzene ring substituents is 1. The van der Waals surface area contributed by atoms with Gasteiger partial charge in [-0.3, -0.25) is 14.9 Å². The highest BCUT2D eigenvalue weighted by molar-refractivity contribution is 8.05. The van der Waals surface area contributed by atoms with Crippen LogP contribution in [0.25, 0.3) is 17.4 Å². The fraction of sp³-hybridized carbons (Fsp3) is 0.321. The number of nitrogens with zero attached hydrogens (tertiary/aromatic N) is 2. The molecule has 1 aromatic heterocycles. The number of aryl methyl sites for hydroxylation is 1. The van der Waals surface area contributed by atoms with Crippen LogP contribution in [0, 0.1) is 23.0 Å². The second-order valence-corrected chi connectivity index (χ2v) is 10.6. The molecule has 3 aromatic rings. The van der Waals surface area contributed by atoms with Crippen molar-refractivity contribution in [2.75, 3.05) is 5.32 Å². The van der Waals surface area contributed by atoms with Crippen molar-refractivity contribution in [3.63, 3.8) is 0 Å². The Morgan fingerprint density at radius 3 is 2.61 bits per heavy atom. The Morgan fingerprint density at radius 2 is 1.89 bits per heavy atom. The molecular formula is C28H29N3O4S. The van der Waals surface area contributed by atoms with Gasteiger partial charge in [0.25, 0.3) is 11.6 Å². The lowest BCUT2D eigenvalue weighted by Crippen LogP contribution is -2.48. The highest BCUT2D eigenvalue weighted by Crippen LogP contribution is 2.42. The SMILES string of the molecule is Cc1cc([N+](=O)[O-])ccc1-c1ccc(/C=C2\SC(Nc3ccccc3)N([C@H]3CCCC[C@@H]3C)C2=O)o1. The molecule has 2 fully saturated rings. The normalized spacial score (nSPS) is 23.3. The third-order valence-corrected chi connectivity index (χ3v) is 8.13. The smallest absolute Gasteiger partial charge is 0.269 e. The summed E-state index contributed by atoms with van der Waals surface area (Å²) < 4.78 is 6.07. The molecule has 7 nitrogen and oxygen atoms in total. The van der Waals surface area contributed by atoms with E-state index in [-0.39, 0.29) is 23.1 Å². The number of hydrogen-bond donors (Lipinski definition) is 1. The number of carbonyl (C=O) groups excluding carboxylic acids is 1. The standard InChI is InChI=1S/C28H29N3O4S/c1-18-8-6-7-11-24(18)30-27(32)26(36-28(30)29-20-9-4-3-5-10-20)17-22-13-15-25(35-22)23-14-12-21(31(33)34)16-19(23)2/h3-5,9-10,12-18,24,28-29H,6-8,11H2,1-2H3/b26-17-/t18-,24-,28?/m0/s1. The number of carbonyl (C=O) groups is 1. The molecule has 1 unspecified atom stereocenters. The van der Waals surface area contributed by atoms with Gasteiger partial charge in [0, 0.05) is 35.5 Å². The van der Waals surface area contributed by atoms with Crippen LogP contribution >= 0.6 is 11.8 Å². The van der Waals surface area contributed by atoms with Gasteiger partial charge >= 0.3 is 0 Å². The maximum atomic E-state index is 13.7. The maximum Gasteiger partial charge on any atom is 0.269 e. The quantitative estimate of drug-likeness (QED) is 0.220. The molecule has 0 spiro atoms. The van der Waals surface area contributed by atoms with Gasteiger partial charge in [0.15, 0.2) is 5.50 Å². The third kappa shape index (κ3) is 4.91. The number of nitrogens with one attached hydrogen (secondary N) is 1. The molecule has 0 bridgehead atoms. The minimum Gasteiger partial charge on any atom is -0.457 e. The van der Waals surface area contributed by atoms with Crippen molar-refractivity contribution in [3.05, 3.63) is 87.0 Å². The molecular weight excluding hydrogens is 474 g/mol. The molecule has 2 aliphatic rings. The topological polar surface area (TPSA) is 88.6 Å². The molecule has 36 heavy (non-hydrogen) atoms. The minimum atomic E-state index is -0.406. The second kappa shape index (κ2) is 10.2. The first-order valence-electron chi connectivity index (χ1n) is 12.3. The molecule has 0 radical (unpaired) electrons. The van der Waals surface area contributed by atoms with Gasteiger partial charge in [-0.05, 0) is 61.6 Å². The summed E-state index contributed by atoms with van der Waals surface area (Å²) >= 11 is 1.52. The molecule has 2 aromatic carbocycles. The number of amides is 1. The zero-order valence-corrected chi connectivity index (χ0v) is 21.2. The highest BCUT2D eigenvalue weighted by Gasteiger charge is 2.43. The highest BCUT2D eigenvalue weighted by atomic mass is 32.2. The summed E-state index contributed by atoms with van der Waals surface area (Å²) in [6.07, 6.45) is 6.30. The van der Waals surface area contributed by atoms with Gasteiger partial charge in [-0.15, -0.1) is 0 Å². The predicted octanol–water partition coefficient (Wildman–Crippen LogP) is 7.05. The average Bonchev–Trinajstić information content (AvgIpc) is 3.44. The first kappa shape index (κ1) is 24.2. The summed E-state index contributed by atoms with van der Waals surface area (Å²) in [4.78, 5) is 27.0. The summed E-state index contributed by atoms with van der Waals surface area (Å²) in [6, 6.07) is 18.6. The molecule has 2 heterocycles. The van der Waals surface area contributed by atoms with E-state index < -0.39 is 4.92 Å². The van der Waals surface area contributed by atoms with Gasteiger partial charge in [-0.2, -0.15) is 0 Å². The van der Waals surface area contributed by atoms with Gasteiger partial charge in [-0.1, -0.05) is 49.7 Å². The summed E-state index contributed by atoms with van der Waals surface area (Å²) in [5.41, 5.74) is 2.38. The first-order chi connectivity index (χ1) is 17.4. The molecule has 1 N–H and O–H groups in total. The number of thioether (sulfide) groups is 1. The Hall–Kier alpha value is -3.52. The van der Waals surface area contributed by atoms with E-state index in [1.165, 1.54) is 30.3 Å². The fourth-order valence-electron chi connectivity index (χ4n) is 5.11. The van der Waals surface area contributed by atoms with Crippen LogP contribution in [0.1, 0.15) is 43.9 Å². The number of anilines is 1. The number of benzene rings is 2. The lowest BCUT2D eigenvalue weighted by molar-refractivity contribution is -0.384. The number of furan rings is 1. The van der Waals surface area contributed by atoms with Crippen molar-refractivity contribution >= 4 is 35.1 Å². The van der Waals surface area contributed by atoms with E-state index in [2.05, 4.69) is 12.2 Å². The Bertz CT molecular complexity index is 1300. The molecule has 8 heteroatoms. The molecule has 3 atom stereocenters. The molecule has 1 aliphatic heterocycles. The van der Waals surface area contributed by atoms with Crippen molar-refractivity contribution in [1.82, 2.24) is 4.90 Å². The van der Waals surface area contributed by atoms with Crippen LogP contribution in [0.4, 0.5) is 11.4 Å². The monoisotopic (exact) mass is 503 g/mol. The van der Waals surface area contributed by atoms with Crippen molar-refractivity contribution in [2.24, 2.45) is 5.92 Å². The fourth-order valence-corrected chi connectivity index (χ4v) is 6.30. The summed E-state index contributed by atoms with van der Waals surface area (Å²) in [5, 5.41) is 14.6. The van der Waals surface area contributed by atoms with Crippen LogP contribution in [0.3, 0.4) is 0 Å². The van der Waals surface area contributed by atoms with Crippen molar-refractivity contribution in [1.29, 1.82) is 0 Å². The van der Waals surface area contributed by atoms with E-state index in [4.69, 9.17) is 4.42 Å². The number of nitro groups is 1. The van der Waals surface area contributed by atoms with E-state index >= 15 is 0 Å². The van der Waals surface area contributed by atoms with E-state index in [9.17, 15) is 14.9 Å². The van der Waals surface area contributed by atoms with Gasteiger partial charge in [-0.25, -0.2) is 0 Å². The first-order valence-corrected chi connectivity index (χ1v) is 13.2. The number of para-hydroxylation sites is 1. The van der Waals surface area contributed by atoms with Crippen LogP contribution in [0.15, 0.2) is 70.0 Å². The van der Waals surface area contributed by atoms with E-state index in [1.54, 1.807) is 6.07 Å². The molecule has 1 saturated heterocycles. The Morgan fingerprint density at radius 1 is 1.11 bits per heavy atom. The van der Waals surface area contributed by atoms with Gasteiger partial charge in [0.1, 0.15) is 11.5 Å². The maximum absolute atomic E-state index is 13.7. The largest absolute Gasteiger partial charge is 0.457 e. The third-order valence-electron chi connectivity index (χ3n) is 7.01. The zero-order valence-electron chi connectivity index (χ0n) is 20.3. The van der Waals surface area contributed by atoms with Crippen LogP contribution in [0.5, 0.6) is 0 Å². The van der Waals surface area contributed by atoms with E-state index in [1.807, 2.05) is 60.4 Å². The number of rotatable bonds is 6. The van der Waals surface area contributed by atoms with Gasteiger partial charge < -0.3 is 14.6 Å². The van der Waals surface area contributed by atoms with E-state index in [0.29, 0.717) is 22.3 Å². The van der Waals surface area contributed by atoms with Crippen LogP contribution < -0.4 is 5.32 Å². The number of hydrogen-bond acceptors (Lipinski definition) is 6. The van der Waals surface area contributed by atoms with Crippen LogP contribution in [0.2, 0.25) is 0 Å².